The molecule has 0 saturated carbocycles. The molecule has 1 aliphatic rings. The van der Waals surface area contributed by atoms with Gasteiger partial charge in [-0.2, -0.15) is 13.2 Å². The molecule has 1 atom stereocenters. The third kappa shape index (κ3) is 3.33. The zero-order valence-corrected chi connectivity index (χ0v) is 11.0. The summed E-state index contributed by atoms with van der Waals surface area (Å²) in [6, 6.07) is 4.07. The minimum Gasteiger partial charge on any atom is -0.399 e. The summed E-state index contributed by atoms with van der Waals surface area (Å²) in [6.45, 7) is 3.50. The number of anilines is 2. The van der Waals surface area contributed by atoms with E-state index >= 15 is 0 Å². The Hall–Kier alpha value is -1.39. The molecule has 1 fully saturated rings. The summed E-state index contributed by atoms with van der Waals surface area (Å²) in [5, 5.41) is 0. The van der Waals surface area contributed by atoms with Crippen LogP contribution in [-0.4, -0.2) is 13.1 Å². The number of nitrogens with zero attached hydrogens (tertiary/aromatic N) is 1. The topological polar surface area (TPSA) is 29.3 Å². The zero-order valence-electron chi connectivity index (χ0n) is 11.0. The average Bonchev–Trinajstić information content (AvgIpc) is 2.53. The van der Waals surface area contributed by atoms with E-state index < -0.39 is 11.7 Å². The fraction of sp³-hybridized carbons (Fsp3) is 0.571. The van der Waals surface area contributed by atoms with Gasteiger partial charge in [0.15, 0.2) is 0 Å². The second kappa shape index (κ2) is 5.31. The quantitative estimate of drug-likeness (QED) is 0.785. The first-order valence-corrected chi connectivity index (χ1v) is 6.59. The molecule has 1 aromatic carbocycles. The lowest BCUT2D eigenvalue weighted by molar-refractivity contribution is -0.137. The van der Waals surface area contributed by atoms with E-state index in [1.165, 1.54) is 6.07 Å². The van der Waals surface area contributed by atoms with Crippen molar-refractivity contribution in [2.75, 3.05) is 23.7 Å². The summed E-state index contributed by atoms with van der Waals surface area (Å²) in [6.07, 6.45) is -1.42. The van der Waals surface area contributed by atoms with Crippen molar-refractivity contribution in [3.63, 3.8) is 0 Å². The average molecular weight is 272 g/mol. The van der Waals surface area contributed by atoms with Gasteiger partial charge in [-0.1, -0.05) is 6.92 Å². The van der Waals surface area contributed by atoms with Gasteiger partial charge in [-0.3, -0.25) is 0 Å². The van der Waals surface area contributed by atoms with E-state index in [0.717, 1.165) is 25.3 Å². The molecule has 0 aliphatic carbocycles. The highest BCUT2D eigenvalue weighted by Gasteiger charge is 2.35. The SMILES string of the molecule is CC1CCCN(c2ccc(N)cc2C(F)(F)F)CC1. The highest BCUT2D eigenvalue weighted by atomic mass is 19.4. The van der Waals surface area contributed by atoms with Crippen molar-refractivity contribution in [1.82, 2.24) is 0 Å². The summed E-state index contributed by atoms with van der Waals surface area (Å²) in [4.78, 5) is 1.84. The van der Waals surface area contributed by atoms with Crippen LogP contribution in [0.1, 0.15) is 31.7 Å². The van der Waals surface area contributed by atoms with Gasteiger partial charge in [0.25, 0.3) is 0 Å². The molecule has 2 rings (SSSR count). The van der Waals surface area contributed by atoms with Crippen LogP contribution in [0.3, 0.4) is 0 Å². The second-order valence-corrected chi connectivity index (χ2v) is 5.30. The Balaban J connectivity index is 2.33. The fourth-order valence-corrected chi connectivity index (χ4v) is 2.56. The normalized spacial score (nSPS) is 21.3. The minimum atomic E-state index is -4.36. The number of nitrogens with two attached hydrogens (primary N) is 1. The van der Waals surface area contributed by atoms with Crippen molar-refractivity contribution in [1.29, 1.82) is 0 Å². The maximum atomic E-state index is 13.1. The molecule has 1 saturated heterocycles. The fourth-order valence-electron chi connectivity index (χ4n) is 2.56. The van der Waals surface area contributed by atoms with Gasteiger partial charge >= 0.3 is 6.18 Å². The highest BCUT2D eigenvalue weighted by molar-refractivity contribution is 5.61. The Morgan fingerprint density at radius 3 is 2.63 bits per heavy atom. The highest BCUT2D eigenvalue weighted by Crippen LogP contribution is 2.38. The van der Waals surface area contributed by atoms with Crippen LogP contribution < -0.4 is 10.6 Å². The Labute approximate surface area is 111 Å². The molecule has 2 nitrogen and oxygen atoms in total. The monoisotopic (exact) mass is 272 g/mol. The minimum absolute atomic E-state index is 0.152. The van der Waals surface area contributed by atoms with E-state index in [0.29, 0.717) is 19.0 Å². The van der Waals surface area contributed by atoms with Gasteiger partial charge in [-0.25, -0.2) is 0 Å². The second-order valence-electron chi connectivity index (χ2n) is 5.30. The standard InChI is InChI=1S/C14H19F3N2/c1-10-3-2-7-19(8-6-10)13-5-4-11(18)9-12(13)14(15,16)17/h4-5,9-10H,2-3,6-8,18H2,1H3. The van der Waals surface area contributed by atoms with Crippen molar-refractivity contribution in [2.24, 2.45) is 5.92 Å². The van der Waals surface area contributed by atoms with Crippen LogP contribution >= 0.6 is 0 Å². The van der Waals surface area contributed by atoms with Crippen LogP contribution in [0.25, 0.3) is 0 Å². The van der Waals surface area contributed by atoms with E-state index in [9.17, 15) is 13.2 Å². The lowest BCUT2D eigenvalue weighted by Crippen LogP contribution is -2.27. The maximum absolute atomic E-state index is 13.1. The Kier molecular flexibility index (Phi) is 3.92. The van der Waals surface area contributed by atoms with Gasteiger partial charge in [-0.15, -0.1) is 0 Å². The lowest BCUT2D eigenvalue weighted by Gasteiger charge is -2.26. The molecule has 0 radical (unpaired) electrons. The van der Waals surface area contributed by atoms with E-state index in [1.54, 1.807) is 6.07 Å². The summed E-state index contributed by atoms with van der Waals surface area (Å²) in [5.74, 6) is 0.577. The van der Waals surface area contributed by atoms with E-state index in [2.05, 4.69) is 6.92 Å². The molecule has 1 aliphatic heterocycles. The van der Waals surface area contributed by atoms with Gasteiger partial charge in [0, 0.05) is 24.5 Å². The van der Waals surface area contributed by atoms with Gasteiger partial charge in [-0.05, 0) is 43.4 Å². The first kappa shape index (κ1) is 14.0. The third-order valence-corrected chi connectivity index (χ3v) is 3.68. The van der Waals surface area contributed by atoms with Gasteiger partial charge in [0.1, 0.15) is 0 Å². The molecule has 1 unspecified atom stereocenters. The van der Waals surface area contributed by atoms with Crippen molar-refractivity contribution in [3.8, 4) is 0 Å². The molecule has 0 bridgehead atoms. The summed E-state index contributed by atoms with van der Waals surface area (Å²) >= 11 is 0. The van der Waals surface area contributed by atoms with Crippen molar-refractivity contribution >= 4 is 11.4 Å². The van der Waals surface area contributed by atoms with Gasteiger partial charge in [0.2, 0.25) is 0 Å². The molecule has 0 amide bonds. The Bertz CT molecular complexity index is 443. The number of alkyl halides is 3. The first-order valence-electron chi connectivity index (χ1n) is 6.59. The maximum Gasteiger partial charge on any atom is 0.418 e. The number of rotatable bonds is 1. The molecule has 1 aromatic rings. The molecule has 0 aromatic heterocycles. The lowest BCUT2D eigenvalue weighted by atomic mass is 10.0. The molecular formula is C14H19F3N2. The number of nitrogen functional groups attached to an aromatic ring is 1. The molecule has 5 heteroatoms. The smallest absolute Gasteiger partial charge is 0.399 e. The molecule has 1 heterocycles. The zero-order chi connectivity index (χ0) is 14.0. The Morgan fingerprint density at radius 2 is 1.95 bits per heavy atom. The first-order chi connectivity index (χ1) is 8.88. The number of hydrogen-bond donors (Lipinski definition) is 1. The van der Waals surface area contributed by atoms with Gasteiger partial charge < -0.3 is 10.6 Å². The molecular weight excluding hydrogens is 253 g/mol. The summed E-state index contributed by atoms with van der Waals surface area (Å²) in [5.41, 5.74) is 5.28. The molecule has 2 N–H and O–H groups in total. The van der Waals surface area contributed by atoms with Crippen LogP contribution in [0, 0.1) is 5.92 Å². The predicted octanol–water partition coefficient (Wildman–Crippen LogP) is 3.91. The predicted molar refractivity (Wildman–Crippen MR) is 71.1 cm³/mol. The summed E-state index contributed by atoms with van der Waals surface area (Å²) in [7, 11) is 0. The van der Waals surface area contributed by atoms with Gasteiger partial charge in [0.05, 0.1) is 5.56 Å². The third-order valence-electron chi connectivity index (χ3n) is 3.68. The van der Waals surface area contributed by atoms with E-state index in [-0.39, 0.29) is 11.4 Å². The van der Waals surface area contributed by atoms with Crippen LogP contribution in [-0.2, 0) is 6.18 Å². The van der Waals surface area contributed by atoms with Crippen LogP contribution in [0.5, 0.6) is 0 Å². The van der Waals surface area contributed by atoms with Crippen LogP contribution in [0.2, 0.25) is 0 Å². The van der Waals surface area contributed by atoms with E-state index in [4.69, 9.17) is 5.73 Å². The largest absolute Gasteiger partial charge is 0.418 e. The number of hydrogen-bond acceptors (Lipinski definition) is 2. The molecule has 19 heavy (non-hydrogen) atoms. The number of halogens is 3. The van der Waals surface area contributed by atoms with E-state index in [1.807, 2.05) is 4.90 Å². The van der Waals surface area contributed by atoms with Crippen molar-refractivity contribution < 1.29 is 13.2 Å². The Morgan fingerprint density at radius 1 is 1.21 bits per heavy atom. The number of benzene rings is 1. The molecule has 0 spiro atoms. The van der Waals surface area contributed by atoms with Crippen molar-refractivity contribution in [3.05, 3.63) is 23.8 Å². The van der Waals surface area contributed by atoms with Crippen LogP contribution in [0.4, 0.5) is 24.5 Å². The van der Waals surface area contributed by atoms with Crippen molar-refractivity contribution in [2.45, 2.75) is 32.4 Å². The summed E-state index contributed by atoms with van der Waals surface area (Å²) < 4.78 is 39.2. The van der Waals surface area contributed by atoms with Crippen LogP contribution in [0.15, 0.2) is 18.2 Å². The molecule has 106 valence electrons.